The van der Waals surface area contributed by atoms with E-state index in [1.54, 1.807) is 0 Å². The van der Waals surface area contributed by atoms with Crippen molar-refractivity contribution in [3.63, 3.8) is 0 Å². The van der Waals surface area contributed by atoms with E-state index in [1.807, 2.05) is 0 Å². The van der Waals surface area contributed by atoms with Gasteiger partial charge in [-0.3, -0.25) is 0 Å². The Morgan fingerprint density at radius 1 is 1.06 bits per heavy atom. The standard InChI is InChI=1S/C15H20O2/c16-11-10-14-6-8-15(9-7-14,17-12-14)13-4-2-1-3-5-13/h1-5,16H,6-12H2. The topological polar surface area (TPSA) is 29.5 Å². The van der Waals surface area contributed by atoms with Gasteiger partial charge in [-0.1, -0.05) is 30.3 Å². The summed E-state index contributed by atoms with van der Waals surface area (Å²) in [7, 11) is 0. The lowest BCUT2D eigenvalue weighted by Gasteiger charge is -2.53. The maximum Gasteiger partial charge on any atom is 0.0932 e. The van der Waals surface area contributed by atoms with Crippen molar-refractivity contribution in [1.29, 1.82) is 0 Å². The molecule has 0 radical (unpaired) electrons. The fourth-order valence-corrected chi connectivity index (χ4v) is 3.44. The van der Waals surface area contributed by atoms with Gasteiger partial charge in [0.1, 0.15) is 0 Å². The summed E-state index contributed by atoms with van der Waals surface area (Å²) in [5, 5.41) is 9.16. The molecule has 3 aliphatic rings. The minimum Gasteiger partial charge on any atom is -0.396 e. The van der Waals surface area contributed by atoms with Crippen LogP contribution in [-0.2, 0) is 10.3 Å². The lowest BCUT2D eigenvalue weighted by molar-refractivity contribution is -0.193. The first-order valence-electron chi connectivity index (χ1n) is 6.59. The van der Waals surface area contributed by atoms with Crippen molar-refractivity contribution in [2.45, 2.75) is 37.7 Å². The number of rotatable bonds is 3. The van der Waals surface area contributed by atoms with Crippen LogP contribution < -0.4 is 0 Å². The van der Waals surface area contributed by atoms with Gasteiger partial charge in [0.15, 0.2) is 0 Å². The predicted molar refractivity (Wildman–Crippen MR) is 66.7 cm³/mol. The van der Waals surface area contributed by atoms with Crippen molar-refractivity contribution >= 4 is 0 Å². The molecule has 0 aromatic heterocycles. The summed E-state index contributed by atoms with van der Waals surface area (Å²) >= 11 is 0. The molecule has 0 amide bonds. The van der Waals surface area contributed by atoms with Gasteiger partial charge in [0, 0.05) is 6.61 Å². The number of fused-ring (bicyclic) bond motifs is 3. The number of aliphatic hydroxyl groups excluding tert-OH is 1. The first-order chi connectivity index (χ1) is 8.29. The number of hydrogen-bond acceptors (Lipinski definition) is 2. The average Bonchev–Trinajstić information content (AvgIpc) is 2.42. The molecule has 4 rings (SSSR count). The molecule has 17 heavy (non-hydrogen) atoms. The first kappa shape index (κ1) is 11.2. The largest absolute Gasteiger partial charge is 0.396 e. The third-order valence-corrected chi connectivity index (χ3v) is 4.72. The molecule has 2 heterocycles. The van der Waals surface area contributed by atoms with Gasteiger partial charge in [0.25, 0.3) is 0 Å². The van der Waals surface area contributed by atoms with Crippen LogP contribution in [0, 0.1) is 5.41 Å². The van der Waals surface area contributed by atoms with Crippen LogP contribution in [0.25, 0.3) is 0 Å². The Morgan fingerprint density at radius 3 is 2.29 bits per heavy atom. The summed E-state index contributed by atoms with van der Waals surface area (Å²) in [5.41, 5.74) is 1.57. The van der Waals surface area contributed by atoms with E-state index in [1.165, 1.54) is 18.4 Å². The van der Waals surface area contributed by atoms with E-state index in [2.05, 4.69) is 30.3 Å². The molecule has 1 N–H and O–H groups in total. The molecule has 92 valence electrons. The molecule has 1 aromatic rings. The molecule has 0 unspecified atom stereocenters. The van der Waals surface area contributed by atoms with E-state index in [0.717, 1.165) is 25.9 Å². The third-order valence-electron chi connectivity index (χ3n) is 4.72. The van der Waals surface area contributed by atoms with Crippen molar-refractivity contribution in [3.05, 3.63) is 35.9 Å². The normalized spacial score (nSPS) is 36.1. The summed E-state index contributed by atoms with van der Waals surface area (Å²) < 4.78 is 6.20. The van der Waals surface area contributed by atoms with Crippen molar-refractivity contribution < 1.29 is 9.84 Å². The molecule has 3 fully saturated rings. The van der Waals surface area contributed by atoms with E-state index in [-0.39, 0.29) is 11.0 Å². The minimum atomic E-state index is -0.0293. The highest BCUT2D eigenvalue weighted by Gasteiger charge is 2.49. The zero-order chi connectivity index (χ0) is 11.8. The molecule has 2 heteroatoms. The summed E-state index contributed by atoms with van der Waals surface area (Å²) in [6.07, 6.45) is 5.51. The molecular weight excluding hydrogens is 212 g/mol. The van der Waals surface area contributed by atoms with E-state index >= 15 is 0 Å². The highest BCUT2D eigenvalue weighted by Crippen LogP contribution is 2.54. The van der Waals surface area contributed by atoms with Crippen molar-refractivity contribution in [3.8, 4) is 0 Å². The Bertz CT molecular complexity index is 361. The van der Waals surface area contributed by atoms with Gasteiger partial charge >= 0.3 is 0 Å². The van der Waals surface area contributed by atoms with Gasteiger partial charge in [-0.2, -0.15) is 0 Å². The molecule has 2 nitrogen and oxygen atoms in total. The van der Waals surface area contributed by atoms with Crippen LogP contribution in [0.2, 0.25) is 0 Å². The summed E-state index contributed by atoms with van der Waals surface area (Å²) in [6.45, 7) is 1.12. The lowest BCUT2D eigenvalue weighted by Crippen LogP contribution is -2.49. The van der Waals surface area contributed by atoms with Crippen molar-refractivity contribution in [2.24, 2.45) is 5.41 Å². The van der Waals surface area contributed by atoms with E-state index in [4.69, 9.17) is 9.84 Å². The molecule has 0 atom stereocenters. The van der Waals surface area contributed by atoms with Crippen LogP contribution in [0.1, 0.15) is 37.7 Å². The maximum absolute atomic E-state index is 9.16. The molecule has 2 aliphatic heterocycles. The number of benzene rings is 1. The van der Waals surface area contributed by atoms with Gasteiger partial charge in [0.05, 0.1) is 12.2 Å². The van der Waals surface area contributed by atoms with Gasteiger partial charge in [0.2, 0.25) is 0 Å². The predicted octanol–water partition coefficient (Wildman–Crippen LogP) is 2.85. The van der Waals surface area contributed by atoms with Gasteiger partial charge in [-0.15, -0.1) is 0 Å². The van der Waals surface area contributed by atoms with E-state index < -0.39 is 0 Å². The summed E-state index contributed by atoms with van der Waals surface area (Å²) in [5.74, 6) is 0. The fraction of sp³-hybridized carbons (Fsp3) is 0.600. The zero-order valence-electron chi connectivity index (χ0n) is 10.2. The third kappa shape index (κ3) is 1.80. The first-order valence-corrected chi connectivity index (χ1v) is 6.59. The smallest absolute Gasteiger partial charge is 0.0932 e. The lowest BCUT2D eigenvalue weighted by atomic mass is 9.63. The van der Waals surface area contributed by atoms with Crippen LogP contribution >= 0.6 is 0 Å². The van der Waals surface area contributed by atoms with Crippen molar-refractivity contribution in [2.75, 3.05) is 13.2 Å². The Labute approximate surface area is 103 Å². The van der Waals surface area contributed by atoms with Gasteiger partial charge in [-0.25, -0.2) is 0 Å². The highest BCUT2D eigenvalue weighted by molar-refractivity contribution is 5.25. The van der Waals surface area contributed by atoms with Gasteiger partial charge < -0.3 is 9.84 Å². The SMILES string of the molecule is OCCC12CCC(c3ccccc3)(CC1)OC2. The van der Waals surface area contributed by atoms with Gasteiger partial charge in [-0.05, 0) is 43.1 Å². The molecule has 1 aromatic carbocycles. The van der Waals surface area contributed by atoms with Crippen LogP contribution in [0.15, 0.2) is 30.3 Å². The summed E-state index contributed by atoms with van der Waals surface area (Å²) in [4.78, 5) is 0. The van der Waals surface area contributed by atoms with E-state index in [9.17, 15) is 0 Å². The second kappa shape index (κ2) is 4.11. The van der Waals surface area contributed by atoms with Crippen LogP contribution in [-0.4, -0.2) is 18.3 Å². The number of aliphatic hydroxyl groups is 1. The fourth-order valence-electron chi connectivity index (χ4n) is 3.44. The Hall–Kier alpha value is -0.860. The van der Waals surface area contributed by atoms with E-state index in [0.29, 0.717) is 6.61 Å². The second-order valence-electron chi connectivity index (χ2n) is 5.62. The molecular formula is C15H20O2. The second-order valence-corrected chi connectivity index (χ2v) is 5.62. The molecule has 2 saturated heterocycles. The maximum atomic E-state index is 9.16. The molecule has 1 saturated carbocycles. The van der Waals surface area contributed by atoms with Crippen LogP contribution in [0.5, 0.6) is 0 Å². The summed E-state index contributed by atoms with van der Waals surface area (Å²) in [6, 6.07) is 10.6. The minimum absolute atomic E-state index is 0.0293. The highest BCUT2D eigenvalue weighted by atomic mass is 16.5. The number of ether oxygens (including phenoxy) is 1. The van der Waals surface area contributed by atoms with Crippen LogP contribution in [0.4, 0.5) is 0 Å². The molecule has 0 spiro atoms. The quantitative estimate of drug-likeness (QED) is 0.868. The average molecular weight is 232 g/mol. The molecule has 1 aliphatic carbocycles. The Morgan fingerprint density at radius 2 is 1.76 bits per heavy atom. The Balaban J connectivity index is 1.82. The number of hydrogen-bond donors (Lipinski definition) is 1. The van der Waals surface area contributed by atoms with Crippen LogP contribution in [0.3, 0.4) is 0 Å². The monoisotopic (exact) mass is 232 g/mol. The molecule has 2 bridgehead atoms. The van der Waals surface area contributed by atoms with Crippen molar-refractivity contribution in [1.82, 2.24) is 0 Å². The zero-order valence-corrected chi connectivity index (χ0v) is 10.2. The Kier molecular flexibility index (Phi) is 2.72.